The summed E-state index contributed by atoms with van der Waals surface area (Å²) in [6.07, 6.45) is 2.32. The lowest BCUT2D eigenvalue weighted by atomic mass is 10.1. The number of anilines is 3. The lowest BCUT2D eigenvalue weighted by Gasteiger charge is -2.20. The molecule has 1 aliphatic rings. The molecule has 1 heterocycles. The molecule has 1 saturated carbocycles. The number of halogens is 2. The van der Waals surface area contributed by atoms with E-state index in [4.69, 9.17) is 11.6 Å². The molecule has 1 aromatic heterocycles. The number of aliphatic hydroxyl groups is 1. The Morgan fingerprint density at radius 3 is 2.64 bits per heavy atom. The molecule has 1 fully saturated rings. The van der Waals surface area contributed by atoms with E-state index in [-0.39, 0.29) is 18.6 Å². The van der Waals surface area contributed by atoms with Gasteiger partial charge in [-0.05, 0) is 59.5 Å². The van der Waals surface area contributed by atoms with E-state index in [0.717, 1.165) is 27.8 Å². The van der Waals surface area contributed by atoms with Crippen LogP contribution in [-0.2, 0) is 0 Å². The lowest BCUT2D eigenvalue weighted by molar-refractivity contribution is 0.248. The quantitative estimate of drug-likeness (QED) is 0.506. The van der Waals surface area contributed by atoms with E-state index in [2.05, 4.69) is 57.0 Å². The zero-order chi connectivity index (χ0) is 18.0. The first-order valence-electron chi connectivity index (χ1n) is 8.44. The summed E-state index contributed by atoms with van der Waals surface area (Å²) in [6, 6.07) is 7.76. The van der Waals surface area contributed by atoms with E-state index < -0.39 is 0 Å². The highest BCUT2D eigenvalue weighted by molar-refractivity contribution is 14.1. The maximum Gasteiger partial charge on any atom is 0.225 e. The van der Waals surface area contributed by atoms with Crippen LogP contribution in [0.1, 0.15) is 38.3 Å². The Morgan fingerprint density at radius 2 is 2.04 bits per heavy atom. The number of nitrogens with zero attached hydrogens (tertiary/aromatic N) is 2. The van der Waals surface area contributed by atoms with Crippen molar-refractivity contribution >= 4 is 51.6 Å². The second-order valence-corrected chi connectivity index (χ2v) is 8.36. The van der Waals surface area contributed by atoms with Crippen molar-refractivity contribution in [2.45, 2.75) is 38.6 Å². The Balaban J connectivity index is 1.87. The third kappa shape index (κ3) is 4.95. The van der Waals surface area contributed by atoms with Crippen molar-refractivity contribution < 1.29 is 5.11 Å². The fourth-order valence-corrected chi connectivity index (χ4v) is 3.40. The van der Waals surface area contributed by atoms with Crippen molar-refractivity contribution in [1.82, 2.24) is 9.97 Å². The van der Waals surface area contributed by atoms with Crippen LogP contribution in [0, 0.1) is 9.49 Å². The fourth-order valence-electron chi connectivity index (χ4n) is 2.50. The molecule has 1 atom stereocenters. The van der Waals surface area contributed by atoms with Gasteiger partial charge in [0.1, 0.15) is 5.82 Å². The second-order valence-electron chi connectivity index (χ2n) is 6.70. The molecule has 0 saturated heterocycles. The largest absolute Gasteiger partial charge is 0.394 e. The monoisotopic (exact) mass is 472 g/mol. The van der Waals surface area contributed by atoms with Gasteiger partial charge in [0, 0.05) is 15.6 Å². The summed E-state index contributed by atoms with van der Waals surface area (Å²) in [7, 11) is 0. The molecule has 0 aliphatic heterocycles. The summed E-state index contributed by atoms with van der Waals surface area (Å²) < 4.78 is 1.08. The summed E-state index contributed by atoms with van der Waals surface area (Å²) in [6.45, 7) is 4.16. The van der Waals surface area contributed by atoms with Gasteiger partial charge < -0.3 is 15.7 Å². The topological polar surface area (TPSA) is 70.1 Å². The number of hydrogen-bond donors (Lipinski definition) is 3. The molecule has 1 aliphatic carbocycles. The van der Waals surface area contributed by atoms with E-state index in [9.17, 15) is 5.11 Å². The maximum absolute atomic E-state index is 9.56. The van der Waals surface area contributed by atoms with Crippen LogP contribution in [0.4, 0.5) is 17.5 Å². The fraction of sp³-hybridized carbons (Fsp3) is 0.444. The molecule has 25 heavy (non-hydrogen) atoms. The van der Waals surface area contributed by atoms with Crippen LogP contribution >= 0.6 is 34.2 Å². The van der Waals surface area contributed by atoms with Gasteiger partial charge in [0.05, 0.1) is 29.1 Å². The first-order valence-corrected chi connectivity index (χ1v) is 9.90. The summed E-state index contributed by atoms with van der Waals surface area (Å²) in [5, 5.41) is 16.8. The predicted molar refractivity (Wildman–Crippen MR) is 111 cm³/mol. The van der Waals surface area contributed by atoms with E-state index in [1.54, 1.807) is 0 Å². The van der Waals surface area contributed by atoms with Crippen molar-refractivity contribution in [3.63, 3.8) is 0 Å². The lowest BCUT2D eigenvalue weighted by Crippen LogP contribution is -2.30. The predicted octanol–water partition coefficient (Wildman–Crippen LogP) is 4.78. The van der Waals surface area contributed by atoms with Crippen molar-refractivity contribution in [3.05, 3.63) is 38.6 Å². The van der Waals surface area contributed by atoms with Crippen LogP contribution < -0.4 is 10.6 Å². The van der Waals surface area contributed by atoms with Crippen LogP contribution in [0.3, 0.4) is 0 Å². The molecule has 0 radical (unpaired) electrons. The van der Waals surface area contributed by atoms with Crippen molar-refractivity contribution in [2.75, 3.05) is 17.2 Å². The number of aliphatic hydroxyl groups excluding tert-OH is 1. The number of benzene rings is 1. The molecule has 1 aromatic carbocycles. The minimum absolute atomic E-state index is 0.0421. The second kappa shape index (κ2) is 8.05. The molecule has 134 valence electrons. The van der Waals surface area contributed by atoms with Crippen LogP contribution in [0.2, 0.25) is 5.02 Å². The van der Waals surface area contributed by atoms with Crippen LogP contribution in [0.15, 0.2) is 24.3 Å². The molecular weight excluding hydrogens is 451 g/mol. The summed E-state index contributed by atoms with van der Waals surface area (Å²) in [5.74, 6) is 2.03. The van der Waals surface area contributed by atoms with Gasteiger partial charge in [-0.15, -0.1) is 0 Å². The van der Waals surface area contributed by atoms with E-state index in [0.29, 0.717) is 22.7 Å². The SMILES string of the molecule is CC(C)[C@H](CO)Nc1nc(Nc2ccc(I)cc2Cl)cc(C2CC2)n1. The zero-order valence-corrected chi connectivity index (χ0v) is 17.2. The van der Waals surface area contributed by atoms with Crippen LogP contribution in [0.25, 0.3) is 0 Å². The minimum atomic E-state index is -0.0794. The molecular formula is C18H22ClIN4O. The van der Waals surface area contributed by atoms with Crippen LogP contribution in [0.5, 0.6) is 0 Å². The number of rotatable bonds is 7. The smallest absolute Gasteiger partial charge is 0.225 e. The average Bonchev–Trinajstić information content (AvgIpc) is 3.40. The molecule has 3 rings (SSSR count). The van der Waals surface area contributed by atoms with E-state index >= 15 is 0 Å². The van der Waals surface area contributed by atoms with Gasteiger partial charge in [0.15, 0.2) is 0 Å². The minimum Gasteiger partial charge on any atom is -0.394 e. The molecule has 2 aromatic rings. The third-order valence-electron chi connectivity index (χ3n) is 4.25. The molecule has 0 spiro atoms. The Morgan fingerprint density at radius 1 is 1.28 bits per heavy atom. The average molecular weight is 473 g/mol. The maximum atomic E-state index is 9.56. The normalized spacial score (nSPS) is 15.3. The Bertz CT molecular complexity index is 752. The highest BCUT2D eigenvalue weighted by atomic mass is 127. The summed E-state index contributed by atoms with van der Waals surface area (Å²) >= 11 is 8.56. The number of hydrogen-bond acceptors (Lipinski definition) is 5. The molecule has 0 bridgehead atoms. The molecule has 0 unspecified atom stereocenters. The van der Waals surface area contributed by atoms with Gasteiger partial charge in [-0.3, -0.25) is 0 Å². The summed E-state index contributed by atoms with van der Waals surface area (Å²) in [4.78, 5) is 9.20. The highest BCUT2D eigenvalue weighted by Gasteiger charge is 2.26. The van der Waals surface area contributed by atoms with Gasteiger partial charge in [-0.1, -0.05) is 25.4 Å². The molecule has 5 nitrogen and oxygen atoms in total. The van der Waals surface area contributed by atoms with Gasteiger partial charge in [0.2, 0.25) is 5.95 Å². The highest BCUT2D eigenvalue weighted by Crippen LogP contribution is 2.40. The molecule has 7 heteroatoms. The van der Waals surface area contributed by atoms with Gasteiger partial charge >= 0.3 is 0 Å². The van der Waals surface area contributed by atoms with Crippen molar-refractivity contribution in [1.29, 1.82) is 0 Å². The Labute approximate surface area is 166 Å². The van der Waals surface area contributed by atoms with Crippen molar-refractivity contribution in [3.8, 4) is 0 Å². The first kappa shape index (κ1) is 18.7. The van der Waals surface area contributed by atoms with Crippen molar-refractivity contribution in [2.24, 2.45) is 5.92 Å². The first-order chi connectivity index (χ1) is 12.0. The molecule has 3 N–H and O–H groups in total. The van der Waals surface area contributed by atoms with Crippen LogP contribution in [-0.4, -0.2) is 27.7 Å². The number of aromatic nitrogens is 2. The third-order valence-corrected chi connectivity index (χ3v) is 5.24. The Kier molecular flexibility index (Phi) is 6.01. The summed E-state index contributed by atoms with van der Waals surface area (Å²) in [5.41, 5.74) is 1.85. The molecule has 0 amide bonds. The van der Waals surface area contributed by atoms with Gasteiger partial charge in [0.25, 0.3) is 0 Å². The standard InChI is InChI=1S/C18H22ClIN4O/c1-10(2)16(9-25)23-18-22-15(11-3-4-11)8-17(24-18)21-14-6-5-12(20)7-13(14)19/h5-8,10-11,16,25H,3-4,9H2,1-2H3,(H2,21,22,23,24)/t16-/m0/s1. The van der Waals surface area contributed by atoms with E-state index in [1.807, 2.05) is 24.3 Å². The number of nitrogens with one attached hydrogen (secondary N) is 2. The van der Waals surface area contributed by atoms with Gasteiger partial charge in [-0.25, -0.2) is 4.98 Å². The Hall–Kier alpha value is -1.12. The van der Waals surface area contributed by atoms with E-state index in [1.165, 1.54) is 0 Å². The zero-order valence-electron chi connectivity index (χ0n) is 14.3. The van der Waals surface area contributed by atoms with Gasteiger partial charge in [-0.2, -0.15) is 4.98 Å².